The van der Waals surface area contributed by atoms with E-state index in [-0.39, 0.29) is 17.9 Å². The van der Waals surface area contributed by atoms with Gasteiger partial charge in [-0.1, -0.05) is 0 Å². The van der Waals surface area contributed by atoms with E-state index in [0.29, 0.717) is 12.8 Å². The van der Waals surface area contributed by atoms with Crippen molar-refractivity contribution < 1.29 is 24.2 Å². The molecule has 0 aromatic heterocycles. The maximum atomic E-state index is 10.1. The van der Waals surface area contributed by atoms with E-state index in [9.17, 15) is 14.4 Å². The average Bonchev–Trinajstić information content (AvgIpc) is 2.78. The van der Waals surface area contributed by atoms with Gasteiger partial charge in [0.25, 0.3) is 0 Å². The molecule has 0 unspecified atom stereocenters. The molecule has 0 bridgehead atoms. The fourth-order valence-corrected chi connectivity index (χ4v) is 1.66. The van der Waals surface area contributed by atoms with E-state index in [1.165, 1.54) is 0 Å². The number of imide groups is 1. The van der Waals surface area contributed by atoms with E-state index < -0.39 is 6.16 Å². The van der Waals surface area contributed by atoms with E-state index in [4.69, 9.17) is 5.11 Å². The summed E-state index contributed by atoms with van der Waals surface area (Å²) in [6.45, 7) is 0. The molecule has 0 spiro atoms. The molecule has 2 aliphatic rings. The molecular weight excluding hydrogens is 214 g/mol. The lowest BCUT2D eigenvalue weighted by Gasteiger charge is -2.05. The Morgan fingerprint density at radius 2 is 1.69 bits per heavy atom. The maximum absolute atomic E-state index is 10.1. The summed E-state index contributed by atoms with van der Waals surface area (Å²) in [5, 5.41) is 10.3. The van der Waals surface area contributed by atoms with Crippen molar-refractivity contribution in [1.29, 1.82) is 0 Å². The Balaban J connectivity index is 0.000000165. The molecule has 2 rings (SSSR count). The van der Waals surface area contributed by atoms with Crippen LogP contribution in [0.2, 0.25) is 0 Å². The molecule has 6 nitrogen and oxygen atoms in total. The Morgan fingerprint density at radius 3 is 2.00 bits per heavy atom. The van der Waals surface area contributed by atoms with Crippen LogP contribution in [0.1, 0.15) is 38.5 Å². The van der Waals surface area contributed by atoms with Crippen LogP contribution in [0.5, 0.6) is 0 Å². The van der Waals surface area contributed by atoms with Crippen LogP contribution in [0.4, 0.5) is 4.79 Å². The van der Waals surface area contributed by atoms with Crippen molar-refractivity contribution in [3.05, 3.63) is 0 Å². The molecular formula is C10H15NO5. The standard InChI is InChI=1S/C6H10O3.C4H5NO2/c7-6(8)9-5-3-1-2-4-5;6-3-1-2-4(7)5-3/h5H,1-4H2,(H,7,8);1-2H2,(H,5,6,7). The van der Waals surface area contributed by atoms with Gasteiger partial charge >= 0.3 is 6.16 Å². The summed E-state index contributed by atoms with van der Waals surface area (Å²) in [6.07, 6.45) is 3.64. The van der Waals surface area contributed by atoms with Crippen LogP contribution in [-0.4, -0.2) is 29.2 Å². The van der Waals surface area contributed by atoms with Crippen molar-refractivity contribution in [2.45, 2.75) is 44.6 Å². The van der Waals surface area contributed by atoms with Crippen molar-refractivity contribution in [2.24, 2.45) is 0 Å². The second-order valence-corrected chi connectivity index (χ2v) is 3.76. The highest BCUT2D eigenvalue weighted by molar-refractivity contribution is 6.01. The lowest BCUT2D eigenvalue weighted by atomic mass is 10.3. The molecule has 1 aliphatic carbocycles. The smallest absolute Gasteiger partial charge is 0.450 e. The lowest BCUT2D eigenvalue weighted by molar-refractivity contribution is -0.124. The molecule has 1 saturated carbocycles. The highest BCUT2D eigenvalue weighted by Gasteiger charge is 2.18. The van der Waals surface area contributed by atoms with E-state index in [1.807, 2.05) is 0 Å². The molecule has 2 amide bonds. The molecule has 0 aromatic carbocycles. The van der Waals surface area contributed by atoms with Crippen LogP contribution in [0.15, 0.2) is 0 Å². The first-order chi connectivity index (χ1) is 7.58. The fourth-order valence-electron chi connectivity index (χ4n) is 1.66. The summed E-state index contributed by atoms with van der Waals surface area (Å²) in [5.74, 6) is -0.296. The predicted octanol–water partition coefficient (Wildman–Crippen LogP) is 1.05. The van der Waals surface area contributed by atoms with Crippen molar-refractivity contribution in [3.8, 4) is 0 Å². The minimum absolute atomic E-state index is 0.0116. The number of nitrogens with one attached hydrogen (secondary N) is 1. The van der Waals surface area contributed by atoms with E-state index in [2.05, 4.69) is 10.1 Å². The average molecular weight is 229 g/mol. The SMILES string of the molecule is O=C(O)OC1CCCC1.O=C1CCC(=O)N1. The molecule has 0 aromatic rings. The highest BCUT2D eigenvalue weighted by Crippen LogP contribution is 2.20. The van der Waals surface area contributed by atoms with Gasteiger partial charge in [-0.15, -0.1) is 0 Å². The quantitative estimate of drug-likeness (QED) is 0.517. The normalized spacial score (nSPS) is 20.0. The topological polar surface area (TPSA) is 92.7 Å². The van der Waals surface area contributed by atoms with Crippen molar-refractivity contribution in [2.75, 3.05) is 0 Å². The van der Waals surface area contributed by atoms with Gasteiger partial charge < -0.3 is 9.84 Å². The molecule has 0 radical (unpaired) electrons. The summed E-state index contributed by atoms with van der Waals surface area (Å²) in [4.78, 5) is 30.2. The summed E-state index contributed by atoms with van der Waals surface area (Å²) in [7, 11) is 0. The zero-order chi connectivity index (χ0) is 12.0. The number of rotatable bonds is 1. The zero-order valence-corrected chi connectivity index (χ0v) is 8.90. The van der Waals surface area contributed by atoms with E-state index in [0.717, 1.165) is 25.7 Å². The van der Waals surface area contributed by atoms with E-state index in [1.54, 1.807) is 0 Å². The first kappa shape index (κ1) is 12.5. The van der Waals surface area contributed by atoms with Gasteiger partial charge in [0.15, 0.2) is 0 Å². The van der Waals surface area contributed by atoms with E-state index >= 15 is 0 Å². The Bertz CT molecular complexity index is 269. The zero-order valence-electron chi connectivity index (χ0n) is 8.90. The van der Waals surface area contributed by atoms with Crippen LogP contribution >= 0.6 is 0 Å². The summed E-state index contributed by atoms with van der Waals surface area (Å²) in [5.41, 5.74) is 0. The first-order valence-corrected chi connectivity index (χ1v) is 5.30. The number of carbonyl (C=O) groups excluding carboxylic acids is 2. The van der Waals surface area contributed by atoms with Gasteiger partial charge in [-0.05, 0) is 25.7 Å². The van der Waals surface area contributed by atoms with Crippen LogP contribution < -0.4 is 5.32 Å². The van der Waals surface area contributed by atoms with Crippen molar-refractivity contribution >= 4 is 18.0 Å². The predicted molar refractivity (Wildman–Crippen MR) is 53.7 cm³/mol. The first-order valence-electron chi connectivity index (χ1n) is 5.30. The summed E-state index contributed by atoms with van der Waals surface area (Å²) in [6, 6.07) is 0. The third-order valence-corrected chi connectivity index (χ3v) is 2.43. The minimum atomic E-state index is -1.14. The van der Waals surface area contributed by atoms with Gasteiger partial charge in [-0.25, -0.2) is 4.79 Å². The third kappa shape index (κ3) is 4.77. The largest absolute Gasteiger partial charge is 0.506 e. The van der Waals surface area contributed by atoms with Crippen molar-refractivity contribution in [3.63, 3.8) is 0 Å². The van der Waals surface area contributed by atoms with Gasteiger partial charge in [0.2, 0.25) is 11.8 Å². The van der Waals surface area contributed by atoms with Crippen molar-refractivity contribution in [1.82, 2.24) is 5.32 Å². The Morgan fingerprint density at radius 1 is 1.19 bits per heavy atom. The minimum Gasteiger partial charge on any atom is -0.450 e. The van der Waals surface area contributed by atoms with Crippen LogP contribution in [0, 0.1) is 0 Å². The number of hydrogen-bond acceptors (Lipinski definition) is 4. The number of amides is 2. The summed E-state index contributed by atoms with van der Waals surface area (Å²) < 4.78 is 4.53. The summed E-state index contributed by atoms with van der Waals surface area (Å²) >= 11 is 0. The molecule has 0 atom stereocenters. The van der Waals surface area contributed by atoms with Gasteiger partial charge in [-0.3, -0.25) is 14.9 Å². The van der Waals surface area contributed by atoms with Gasteiger partial charge in [-0.2, -0.15) is 0 Å². The Hall–Kier alpha value is -1.59. The molecule has 1 heterocycles. The second-order valence-electron chi connectivity index (χ2n) is 3.76. The van der Waals surface area contributed by atoms with Crippen LogP contribution in [0.25, 0.3) is 0 Å². The number of carboxylic acid groups (broad SMARTS) is 1. The number of ether oxygens (including phenoxy) is 1. The fraction of sp³-hybridized carbons (Fsp3) is 0.700. The second kappa shape index (κ2) is 6.09. The van der Waals surface area contributed by atoms with Gasteiger partial charge in [0, 0.05) is 12.8 Å². The molecule has 6 heteroatoms. The number of carbonyl (C=O) groups is 3. The molecule has 2 fully saturated rings. The van der Waals surface area contributed by atoms with Crippen LogP contribution in [-0.2, 0) is 14.3 Å². The lowest BCUT2D eigenvalue weighted by Crippen LogP contribution is -2.18. The Labute approximate surface area is 93.0 Å². The monoisotopic (exact) mass is 229 g/mol. The molecule has 2 N–H and O–H groups in total. The van der Waals surface area contributed by atoms with Gasteiger partial charge in [0.1, 0.15) is 6.10 Å². The third-order valence-electron chi connectivity index (χ3n) is 2.43. The number of hydrogen-bond donors (Lipinski definition) is 2. The maximum Gasteiger partial charge on any atom is 0.506 e. The molecule has 90 valence electrons. The molecule has 16 heavy (non-hydrogen) atoms. The highest BCUT2D eigenvalue weighted by atomic mass is 16.7. The molecule has 1 aliphatic heterocycles. The molecule has 1 saturated heterocycles. The van der Waals surface area contributed by atoms with Gasteiger partial charge in [0.05, 0.1) is 0 Å². The Kier molecular flexibility index (Phi) is 4.75. The van der Waals surface area contributed by atoms with Crippen LogP contribution in [0.3, 0.4) is 0 Å².